The summed E-state index contributed by atoms with van der Waals surface area (Å²) in [6.07, 6.45) is 0.247. The fourth-order valence-electron chi connectivity index (χ4n) is 2.05. The summed E-state index contributed by atoms with van der Waals surface area (Å²) >= 11 is 0. The molecule has 0 radical (unpaired) electrons. The van der Waals surface area contributed by atoms with Gasteiger partial charge in [-0.25, -0.2) is 4.79 Å². The van der Waals surface area contributed by atoms with Gasteiger partial charge in [-0.2, -0.15) is 0 Å². The van der Waals surface area contributed by atoms with Gasteiger partial charge in [-0.05, 0) is 6.54 Å². The molecule has 0 bridgehead atoms. The summed E-state index contributed by atoms with van der Waals surface area (Å²) < 4.78 is 10.1. The van der Waals surface area contributed by atoms with E-state index in [0.717, 1.165) is 6.54 Å². The smallest absolute Gasteiger partial charge is 0.326 e. The molecule has 0 aromatic carbocycles. The Bertz CT molecular complexity index is 310. The Morgan fingerprint density at radius 2 is 2.21 bits per heavy atom. The summed E-state index contributed by atoms with van der Waals surface area (Å²) in [6.45, 7) is 3.77. The summed E-state index contributed by atoms with van der Waals surface area (Å²) in [6, 6.07) is -0.975. The van der Waals surface area contributed by atoms with Gasteiger partial charge in [0, 0.05) is 26.2 Å². The Morgan fingerprint density at radius 3 is 2.79 bits per heavy atom. The SMILES string of the molecule is CCNC1COCC1C(=O)NC(CCOC)C(=O)O. The monoisotopic (exact) mass is 274 g/mol. The minimum atomic E-state index is -1.05. The molecular weight excluding hydrogens is 252 g/mol. The number of carboxylic acid groups (broad SMARTS) is 1. The number of aliphatic carboxylic acids is 1. The lowest BCUT2D eigenvalue weighted by atomic mass is 10.0. The fourth-order valence-corrected chi connectivity index (χ4v) is 2.05. The number of amides is 1. The third-order valence-electron chi connectivity index (χ3n) is 3.11. The standard InChI is InChI=1S/C12H22N2O5/c1-3-13-10-7-19-6-8(10)11(15)14-9(12(16)17)4-5-18-2/h8-10,13H,3-7H2,1-2H3,(H,14,15)(H,16,17). The van der Waals surface area contributed by atoms with Gasteiger partial charge in [0.25, 0.3) is 0 Å². The fraction of sp³-hybridized carbons (Fsp3) is 0.833. The first-order valence-electron chi connectivity index (χ1n) is 6.43. The van der Waals surface area contributed by atoms with Crippen molar-refractivity contribution in [2.45, 2.75) is 25.4 Å². The lowest BCUT2D eigenvalue weighted by Crippen LogP contribution is -2.49. The van der Waals surface area contributed by atoms with Crippen molar-refractivity contribution in [2.24, 2.45) is 5.92 Å². The molecule has 110 valence electrons. The molecule has 1 amide bonds. The van der Waals surface area contributed by atoms with Crippen LogP contribution in [0.1, 0.15) is 13.3 Å². The van der Waals surface area contributed by atoms with Crippen molar-refractivity contribution in [3.8, 4) is 0 Å². The van der Waals surface area contributed by atoms with Crippen LogP contribution < -0.4 is 10.6 Å². The molecule has 3 unspecified atom stereocenters. The van der Waals surface area contributed by atoms with Crippen LogP contribution in [-0.2, 0) is 19.1 Å². The number of likely N-dealkylation sites (N-methyl/N-ethyl adjacent to an activating group) is 1. The maximum absolute atomic E-state index is 12.1. The highest BCUT2D eigenvalue weighted by atomic mass is 16.5. The molecule has 19 heavy (non-hydrogen) atoms. The molecule has 3 atom stereocenters. The molecule has 0 spiro atoms. The van der Waals surface area contributed by atoms with Crippen LogP contribution in [0, 0.1) is 5.92 Å². The molecule has 3 N–H and O–H groups in total. The zero-order valence-corrected chi connectivity index (χ0v) is 11.3. The summed E-state index contributed by atoms with van der Waals surface area (Å²) in [5.41, 5.74) is 0. The molecule has 7 nitrogen and oxygen atoms in total. The maximum Gasteiger partial charge on any atom is 0.326 e. The van der Waals surface area contributed by atoms with Gasteiger partial charge in [-0.3, -0.25) is 4.79 Å². The Balaban J connectivity index is 2.53. The second-order valence-electron chi connectivity index (χ2n) is 4.49. The second-order valence-corrected chi connectivity index (χ2v) is 4.49. The van der Waals surface area contributed by atoms with E-state index in [0.29, 0.717) is 13.2 Å². The summed E-state index contributed by atoms with van der Waals surface area (Å²) in [5, 5.41) is 14.7. The molecule has 1 heterocycles. The third kappa shape index (κ3) is 4.77. The minimum absolute atomic E-state index is 0.0538. The van der Waals surface area contributed by atoms with Crippen LogP contribution in [0.2, 0.25) is 0 Å². The minimum Gasteiger partial charge on any atom is -0.480 e. The topological polar surface area (TPSA) is 96.9 Å². The summed E-state index contributed by atoms with van der Waals surface area (Å²) in [4.78, 5) is 23.1. The number of carboxylic acids is 1. The number of nitrogens with one attached hydrogen (secondary N) is 2. The van der Waals surface area contributed by atoms with Gasteiger partial charge in [-0.1, -0.05) is 6.92 Å². The van der Waals surface area contributed by atoms with Gasteiger partial charge in [0.1, 0.15) is 6.04 Å². The molecular formula is C12H22N2O5. The van der Waals surface area contributed by atoms with Gasteiger partial charge in [0.05, 0.1) is 19.1 Å². The maximum atomic E-state index is 12.1. The summed E-state index contributed by atoms with van der Waals surface area (Å²) in [5.74, 6) is -1.68. The highest BCUT2D eigenvalue weighted by Gasteiger charge is 2.35. The largest absolute Gasteiger partial charge is 0.480 e. The number of ether oxygens (including phenoxy) is 2. The molecule has 0 aliphatic carbocycles. The molecule has 1 aliphatic heterocycles. The van der Waals surface area contributed by atoms with E-state index in [9.17, 15) is 9.59 Å². The van der Waals surface area contributed by atoms with Crippen LogP contribution in [0.4, 0.5) is 0 Å². The predicted molar refractivity (Wildman–Crippen MR) is 67.8 cm³/mol. The third-order valence-corrected chi connectivity index (χ3v) is 3.11. The zero-order valence-electron chi connectivity index (χ0n) is 11.3. The molecule has 0 aromatic heterocycles. The van der Waals surface area contributed by atoms with E-state index in [2.05, 4.69) is 10.6 Å². The number of carbonyl (C=O) groups excluding carboxylic acids is 1. The average molecular weight is 274 g/mol. The molecule has 1 fully saturated rings. The summed E-state index contributed by atoms with van der Waals surface area (Å²) in [7, 11) is 1.49. The first-order valence-corrected chi connectivity index (χ1v) is 6.43. The van der Waals surface area contributed by atoms with Gasteiger partial charge < -0.3 is 25.2 Å². The van der Waals surface area contributed by atoms with Crippen LogP contribution in [0.15, 0.2) is 0 Å². The van der Waals surface area contributed by atoms with E-state index in [4.69, 9.17) is 14.6 Å². The second kappa shape index (κ2) is 8.08. The Hall–Kier alpha value is -1.18. The van der Waals surface area contributed by atoms with E-state index < -0.39 is 12.0 Å². The van der Waals surface area contributed by atoms with E-state index in [1.54, 1.807) is 0 Å². The average Bonchev–Trinajstić information content (AvgIpc) is 2.82. The Morgan fingerprint density at radius 1 is 1.47 bits per heavy atom. The predicted octanol–water partition coefficient (Wildman–Crippen LogP) is -0.783. The van der Waals surface area contributed by atoms with Gasteiger partial charge >= 0.3 is 5.97 Å². The number of methoxy groups -OCH3 is 1. The Labute approximate surface area is 112 Å². The lowest BCUT2D eigenvalue weighted by Gasteiger charge is -2.20. The van der Waals surface area contributed by atoms with Gasteiger partial charge in [-0.15, -0.1) is 0 Å². The van der Waals surface area contributed by atoms with Crippen molar-refractivity contribution >= 4 is 11.9 Å². The van der Waals surface area contributed by atoms with E-state index in [1.165, 1.54) is 7.11 Å². The number of hydrogen-bond acceptors (Lipinski definition) is 5. The van der Waals surface area contributed by atoms with Crippen LogP contribution >= 0.6 is 0 Å². The molecule has 7 heteroatoms. The lowest BCUT2D eigenvalue weighted by molar-refractivity contribution is -0.143. The molecule has 0 aromatic rings. The van der Waals surface area contributed by atoms with Crippen molar-refractivity contribution in [1.82, 2.24) is 10.6 Å². The molecule has 1 rings (SSSR count). The van der Waals surface area contributed by atoms with Crippen molar-refractivity contribution in [2.75, 3.05) is 33.5 Å². The van der Waals surface area contributed by atoms with E-state index >= 15 is 0 Å². The first-order chi connectivity index (χ1) is 9.10. The first kappa shape index (κ1) is 15.9. The van der Waals surface area contributed by atoms with Crippen LogP contribution in [0.3, 0.4) is 0 Å². The van der Waals surface area contributed by atoms with Crippen molar-refractivity contribution < 1.29 is 24.2 Å². The van der Waals surface area contributed by atoms with E-state index in [1.807, 2.05) is 6.92 Å². The number of carbonyl (C=O) groups is 2. The van der Waals surface area contributed by atoms with E-state index in [-0.39, 0.29) is 30.9 Å². The van der Waals surface area contributed by atoms with Crippen molar-refractivity contribution in [1.29, 1.82) is 0 Å². The van der Waals surface area contributed by atoms with Crippen molar-refractivity contribution in [3.63, 3.8) is 0 Å². The normalized spacial score (nSPS) is 24.1. The molecule has 0 saturated carbocycles. The van der Waals surface area contributed by atoms with Crippen LogP contribution in [0.25, 0.3) is 0 Å². The quantitative estimate of drug-likeness (QED) is 0.537. The number of hydrogen-bond donors (Lipinski definition) is 3. The van der Waals surface area contributed by atoms with Crippen LogP contribution in [-0.4, -0.2) is 62.5 Å². The zero-order chi connectivity index (χ0) is 14.3. The Kier molecular flexibility index (Phi) is 6.75. The van der Waals surface area contributed by atoms with Crippen molar-refractivity contribution in [3.05, 3.63) is 0 Å². The van der Waals surface area contributed by atoms with Gasteiger partial charge in [0.15, 0.2) is 0 Å². The number of rotatable bonds is 8. The van der Waals surface area contributed by atoms with Gasteiger partial charge in [0.2, 0.25) is 5.91 Å². The highest BCUT2D eigenvalue weighted by Crippen LogP contribution is 2.14. The molecule has 1 saturated heterocycles. The van der Waals surface area contributed by atoms with Crippen LogP contribution in [0.5, 0.6) is 0 Å². The molecule has 1 aliphatic rings. The highest BCUT2D eigenvalue weighted by molar-refractivity contribution is 5.85.